The van der Waals surface area contributed by atoms with Crippen molar-refractivity contribution in [3.8, 4) is 16.9 Å². The number of ether oxygens (including phenoxy) is 1. The van der Waals surface area contributed by atoms with Crippen LogP contribution in [0.25, 0.3) is 27.8 Å². The molecule has 9 heteroatoms. The van der Waals surface area contributed by atoms with Crippen LogP contribution in [0.1, 0.15) is 19.8 Å². The number of carbonyl (C=O) groups excluding carboxylic acids is 1. The number of piperidine rings is 1. The average Bonchev–Trinajstić information content (AvgIpc) is 3.39. The van der Waals surface area contributed by atoms with Crippen LogP contribution in [-0.2, 0) is 0 Å². The standard InChI is InChI=1S/C22H24N6O3/c1-22(30)6-10-28(11-7-22)21(29)26-20-24-18-15(3-4-16(31-2)19(18)25-20)14-5-9-27-12-8-23-17(27)13-14/h3-5,8-9,12-13,30H,6-7,10-11H2,1-2H3,(H2,24,25,26,29). The Morgan fingerprint density at radius 1 is 1.26 bits per heavy atom. The molecule has 9 nitrogen and oxygen atoms in total. The van der Waals surface area contributed by atoms with E-state index in [4.69, 9.17) is 4.74 Å². The van der Waals surface area contributed by atoms with Gasteiger partial charge in [-0.2, -0.15) is 0 Å². The van der Waals surface area contributed by atoms with Gasteiger partial charge in [0.1, 0.15) is 22.4 Å². The van der Waals surface area contributed by atoms with E-state index in [-0.39, 0.29) is 6.03 Å². The lowest BCUT2D eigenvalue weighted by Crippen LogP contribution is -2.46. The van der Waals surface area contributed by atoms with Gasteiger partial charge in [0.25, 0.3) is 0 Å². The zero-order valence-electron chi connectivity index (χ0n) is 17.4. The van der Waals surface area contributed by atoms with Crippen LogP contribution in [0, 0.1) is 0 Å². The fraction of sp³-hybridized carbons (Fsp3) is 0.318. The van der Waals surface area contributed by atoms with Gasteiger partial charge < -0.3 is 24.1 Å². The summed E-state index contributed by atoms with van der Waals surface area (Å²) in [5, 5.41) is 13.0. The average molecular weight is 420 g/mol. The molecular weight excluding hydrogens is 396 g/mol. The van der Waals surface area contributed by atoms with Crippen molar-refractivity contribution < 1.29 is 14.6 Å². The van der Waals surface area contributed by atoms with Gasteiger partial charge in [-0.05, 0) is 49.6 Å². The molecule has 0 radical (unpaired) electrons. The Morgan fingerprint density at radius 3 is 2.84 bits per heavy atom. The Balaban J connectivity index is 1.48. The minimum absolute atomic E-state index is 0.242. The molecule has 160 valence electrons. The summed E-state index contributed by atoms with van der Waals surface area (Å²) in [4.78, 5) is 26.6. The highest BCUT2D eigenvalue weighted by molar-refractivity contribution is 5.98. The molecule has 1 aliphatic heterocycles. The van der Waals surface area contributed by atoms with E-state index in [1.807, 2.05) is 41.1 Å². The third kappa shape index (κ3) is 3.57. The van der Waals surface area contributed by atoms with Gasteiger partial charge >= 0.3 is 6.03 Å². The van der Waals surface area contributed by atoms with E-state index >= 15 is 0 Å². The maximum Gasteiger partial charge on any atom is 0.324 e. The first-order chi connectivity index (χ1) is 14.9. The fourth-order valence-corrected chi connectivity index (χ4v) is 3.98. The van der Waals surface area contributed by atoms with E-state index in [0.717, 1.165) is 16.8 Å². The van der Waals surface area contributed by atoms with Gasteiger partial charge in [-0.25, -0.2) is 14.8 Å². The molecule has 0 unspecified atom stereocenters. The number of hydrogen-bond donors (Lipinski definition) is 3. The lowest BCUT2D eigenvalue weighted by atomic mass is 9.94. The van der Waals surface area contributed by atoms with Gasteiger partial charge in [0, 0.05) is 37.2 Å². The second kappa shape index (κ2) is 7.28. The van der Waals surface area contributed by atoms with Crippen molar-refractivity contribution in [3.63, 3.8) is 0 Å². The summed E-state index contributed by atoms with van der Waals surface area (Å²) in [6.07, 6.45) is 6.70. The van der Waals surface area contributed by atoms with Crippen molar-refractivity contribution in [3.05, 3.63) is 42.9 Å². The molecule has 0 atom stereocenters. The number of fused-ring (bicyclic) bond motifs is 2. The normalized spacial score (nSPS) is 16.0. The number of amides is 2. The van der Waals surface area contributed by atoms with E-state index in [1.54, 1.807) is 25.1 Å². The predicted octanol–water partition coefficient (Wildman–Crippen LogP) is 3.26. The van der Waals surface area contributed by atoms with Crippen molar-refractivity contribution in [2.75, 3.05) is 25.5 Å². The van der Waals surface area contributed by atoms with Crippen LogP contribution in [0.5, 0.6) is 5.75 Å². The molecule has 0 aliphatic carbocycles. The second-order valence-electron chi connectivity index (χ2n) is 8.15. The number of nitrogens with zero attached hydrogens (tertiary/aromatic N) is 4. The first kappa shape index (κ1) is 19.4. The van der Waals surface area contributed by atoms with Crippen LogP contribution in [0.4, 0.5) is 10.7 Å². The molecule has 1 saturated heterocycles. The zero-order valence-corrected chi connectivity index (χ0v) is 17.4. The Labute approximate surface area is 178 Å². The molecule has 4 aromatic rings. The van der Waals surface area contributed by atoms with Crippen LogP contribution in [0.3, 0.4) is 0 Å². The summed E-state index contributed by atoms with van der Waals surface area (Å²) in [6.45, 7) is 2.80. The summed E-state index contributed by atoms with van der Waals surface area (Å²) >= 11 is 0. The molecule has 3 N–H and O–H groups in total. The van der Waals surface area contributed by atoms with E-state index in [0.29, 0.717) is 48.7 Å². The minimum Gasteiger partial charge on any atom is -0.494 e. The molecule has 0 bridgehead atoms. The Bertz CT molecular complexity index is 1260. The number of pyridine rings is 1. The van der Waals surface area contributed by atoms with E-state index in [2.05, 4.69) is 20.3 Å². The van der Waals surface area contributed by atoms with Crippen LogP contribution in [-0.4, -0.2) is 61.2 Å². The molecule has 1 aliphatic rings. The lowest BCUT2D eigenvalue weighted by molar-refractivity contribution is 0.00569. The molecule has 1 aromatic carbocycles. The first-order valence-electron chi connectivity index (χ1n) is 10.2. The van der Waals surface area contributed by atoms with Crippen LogP contribution in [0.15, 0.2) is 42.9 Å². The van der Waals surface area contributed by atoms with E-state index < -0.39 is 5.60 Å². The van der Waals surface area contributed by atoms with Crippen LogP contribution >= 0.6 is 0 Å². The van der Waals surface area contributed by atoms with Crippen molar-refractivity contribution in [1.29, 1.82) is 0 Å². The predicted molar refractivity (Wildman–Crippen MR) is 117 cm³/mol. The van der Waals surface area contributed by atoms with Crippen molar-refractivity contribution in [1.82, 2.24) is 24.3 Å². The number of carbonyl (C=O) groups is 1. The molecule has 0 saturated carbocycles. The maximum atomic E-state index is 12.7. The molecule has 3 aromatic heterocycles. The number of rotatable bonds is 3. The summed E-state index contributed by atoms with van der Waals surface area (Å²) in [7, 11) is 1.60. The summed E-state index contributed by atoms with van der Waals surface area (Å²) in [5.41, 5.74) is 3.41. The number of imidazole rings is 2. The number of methoxy groups -OCH3 is 1. The van der Waals surface area contributed by atoms with Crippen LogP contribution in [0.2, 0.25) is 0 Å². The molecule has 0 spiro atoms. The summed E-state index contributed by atoms with van der Waals surface area (Å²) in [5.74, 6) is 0.993. The highest BCUT2D eigenvalue weighted by atomic mass is 16.5. The second-order valence-corrected chi connectivity index (χ2v) is 8.15. The van der Waals surface area contributed by atoms with E-state index in [1.165, 1.54) is 0 Å². The fourth-order valence-electron chi connectivity index (χ4n) is 3.98. The van der Waals surface area contributed by atoms with Crippen LogP contribution < -0.4 is 10.1 Å². The Morgan fingerprint density at radius 2 is 2.06 bits per heavy atom. The number of H-pyrrole nitrogens is 1. The monoisotopic (exact) mass is 420 g/mol. The quantitative estimate of drug-likeness (QED) is 0.472. The van der Waals surface area contributed by atoms with Gasteiger partial charge in [0.05, 0.1) is 12.7 Å². The van der Waals surface area contributed by atoms with Gasteiger partial charge in [0.15, 0.2) is 0 Å². The number of likely N-dealkylation sites (tertiary alicyclic amines) is 1. The third-order valence-corrected chi connectivity index (χ3v) is 5.89. The highest BCUT2D eigenvalue weighted by Crippen LogP contribution is 2.34. The highest BCUT2D eigenvalue weighted by Gasteiger charge is 2.30. The number of nitrogens with one attached hydrogen (secondary N) is 2. The van der Waals surface area contributed by atoms with Gasteiger partial charge in [0.2, 0.25) is 5.95 Å². The molecular formula is C22H24N6O3. The van der Waals surface area contributed by atoms with Gasteiger partial charge in [-0.1, -0.05) is 0 Å². The molecule has 4 heterocycles. The van der Waals surface area contributed by atoms with Gasteiger partial charge in [-0.3, -0.25) is 5.32 Å². The summed E-state index contributed by atoms with van der Waals surface area (Å²) < 4.78 is 7.44. The number of anilines is 1. The Hall–Kier alpha value is -3.59. The van der Waals surface area contributed by atoms with E-state index in [9.17, 15) is 9.90 Å². The number of aromatic amines is 1. The van der Waals surface area contributed by atoms with Gasteiger partial charge in [-0.15, -0.1) is 0 Å². The first-order valence-corrected chi connectivity index (χ1v) is 10.2. The lowest BCUT2D eigenvalue weighted by Gasteiger charge is -2.35. The molecule has 31 heavy (non-hydrogen) atoms. The molecule has 1 fully saturated rings. The third-order valence-electron chi connectivity index (χ3n) is 5.89. The Kier molecular flexibility index (Phi) is 4.55. The zero-order chi connectivity index (χ0) is 21.6. The van der Waals surface area contributed by atoms with Crippen molar-refractivity contribution in [2.45, 2.75) is 25.4 Å². The number of aromatic nitrogens is 4. The SMILES string of the molecule is COc1ccc(-c2ccn3ccnc3c2)c2nc(NC(=O)N3CCC(C)(O)CC3)[nH]c12. The smallest absolute Gasteiger partial charge is 0.324 e. The minimum atomic E-state index is -0.714. The molecule has 5 rings (SSSR count). The topological polar surface area (TPSA) is 108 Å². The van der Waals surface area contributed by atoms with Crippen molar-refractivity contribution >= 4 is 28.7 Å². The largest absolute Gasteiger partial charge is 0.494 e. The van der Waals surface area contributed by atoms with Crippen molar-refractivity contribution in [2.24, 2.45) is 0 Å². The maximum absolute atomic E-state index is 12.7. The number of benzene rings is 1. The number of urea groups is 1. The number of aliphatic hydroxyl groups is 1. The summed E-state index contributed by atoms with van der Waals surface area (Å²) in [6, 6.07) is 7.59. The molecule has 2 amide bonds. The number of hydrogen-bond acceptors (Lipinski definition) is 5.